The average molecular weight is 295 g/mol. The fourth-order valence-electron chi connectivity index (χ4n) is 1.72. The van der Waals surface area contributed by atoms with Crippen LogP contribution in [0.25, 0.3) is 10.2 Å². The maximum Gasteiger partial charge on any atom is 0.408 e. The second kappa shape index (κ2) is 4.60. The van der Waals surface area contributed by atoms with Crippen LogP contribution in [0.5, 0.6) is 0 Å². The van der Waals surface area contributed by atoms with E-state index < -0.39 is 4.92 Å². The molecule has 8 heteroatoms. The van der Waals surface area contributed by atoms with Crippen LogP contribution < -0.4 is 0 Å². The van der Waals surface area contributed by atoms with Crippen LogP contribution in [0.2, 0.25) is 5.02 Å². The van der Waals surface area contributed by atoms with E-state index in [1.54, 1.807) is 0 Å². The number of rotatable bonds is 3. The van der Waals surface area contributed by atoms with Crippen molar-refractivity contribution in [2.75, 3.05) is 0 Å². The lowest BCUT2D eigenvalue weighted by Crippen LogP contribution is -2.00. The molecule has 0 atom stereocenters. The van der Waals surface area contributed by atoms with Gasteiger partial charge in [-0.15, -0.1) is 11.3 Å². The van der Waals surface area contributed by atoms with Gasteiger partial charge in [-0.05, 0) is 17.1 Å². The van der Waals surface area contributed by atoms with Crippen molar-refractivity contribution in [3.05, 3.63) is 50.6 Å². The normalized spacial score (nSPS) is 11.0. The first-order chi connectivity index (χ1) is 9.13. The van der Waals surface area contributed by atoms with Gasteiger partial charge in [-0.3, -0.25) is 0 Å². The highest BCUT2D eigenvalue weighted by Crippen LogP contribution is 2.25. The predicted octanol–water partition coefficient (Wildman–Crippen LogP) is 3.10. The summed E-state index contributed by atoms with van der Waals surface area (Å²) in [6, 6.07) is 7.77. The zero-order chi connectivity index (χ0) is 13.4. The third-order valence-electron chi connectivity index (χ3n) is 2.51. The molecule has 0 saturated heterocycles. The smallest absolute Gasteiger partial charge is 0.358 e. The summed E-state index contributed by atoms with van der Waals surface area (Å²) >= 11 is 7.27. The molecule has 19 heavy (non-hydrogen) atoms. The van der Waals surface area contributed by atoms with E-state index in [1.165, 1.54) is 22.2 Å². The van der Waals surface area contributed by atoms with E-state index in [1.807, 2.05) is 24.3 Å². The summed E-state index contributed by atoms with van der Waals surface area (Å²) in [6.07, 6.45) is 1.44. The van der Waals surface area contributed by atoms with E-state index >= 15 is 0 Å². The quantitative estimate of drug-likeness (QED) is 0.549. The van der Waals surface area contributed by atoms with Crippen molar-refractivity contribution in [3.63, 3.8) is 0 Å². The molecule has 6 nitrogen and oxygen atoms in total. The highest BCUT2D eigenvalue weighted by molar-refractivity contribution is 7.18. The summed E-state index contributed by atoms with van der Waals surface area (Å²) in [5.41, 5.74) is 0.912. The lowest BCUT2D eigenvalue weighted by atomic mass is 10.3. The van der Waals surface area contributed by atoms with Gasteiger partial charge in [0.2, 0.25) is 0 Å². The number of thiazole rings is 1. The molecule has 0 saturated carbocycles. The van der Waals surface area contributed by atoms with Crippen LogP contribution >= 0.6 is 22.9 Å². The molecule has 2 heterocycles. The van der Waals surface area contributed by atoms with Crippen molar-refractivity contribution in [3.8, 4) is 0 Å². The summed E-state index contributed by atoms with van der Waals surface area (Å²) in [6.45, 7) is 0.368. The lowest BCUT2D eigenvalue weighted by molar-refractivity contribution is -0.389. The van der Waals surface area contributed by atoms with Crippen molar-refractivity contribution in [2.45, 2.75) is 6.54 Å². The van der Waals surface area contributed by atoms with Gasteiger partial charge in [0, 0.05) is 0 Å². The molecule has 0 aliphatic carbocycles. The Morgan fingerprint density at radius 2 is 2.21 bits per heavy atom. The molecule has 0 unspecified atom stereocenters. The molecule has 1 aromatic carbocycles. The van der Waals surface area contributed by atoms with Gasteiger partial charge in [0.25, 0.3) is 0 Å². The molecule has 0 amide bonds. The van der Waals surface area contributed by atoms with Crippen LogP contribution in [0.4, 0.5) is 5.82 Å². The Kier molecular flexibility index (Phi) is 2.92. The van der Waals surface area contributed by atoms with E-state index in [-0.39, 0.29) is 10.8 Å². The predicted molar refractivity (Wildman–Crippen MR) is 72.6 cm³/mol. The zero-order valence-corrected chi connectivity index (χ0v) is 11.1. The minimum atomic E-state index is -0.600. The minimum Gasteiger partial charge on any atom is -0.358 e. The first-order valence-corrected chi connectivity index (χ1v) is 6.55. The fraction of sp³-hybridized carbons (Fsp3) is 0.0909. The number of benzene rings is 1. The van der Waals surface area contributed by atoms with Crippen molar-refractivity contribution in [2.24, 2.45) is 0 Å². The van der Waals surface area contributed by atoms with Crippen LogP contribution in [0, 0.1) is 10.1 Å². The Labute approximate surface area is 116 Å². The monoisotopic (exact) mass is 294 g/mol. The fourth-order valence-corrected chi connectivity index (χ4v) is 2.90. The van der Waals surface area contributed by atoms with Crippen LogP contribution in [-0.4, -0.2) is 19.7 Å². The van der Waals surface area contributed by atoms with Crippen molar-refractivity contribution < 1.29 is 4.92 Å². The van der Waals surface area contributed by atoms with E-state index in [4.69, 9.17) is 11.6 Å². The average Bonchev–Trinajstić information content (AvgIpc) is 2.92. The Bertz CT molecular complexity index is 734. The maximum atomic E-state index is 10.7. The Balaban J connectivity index is 1.92. The van der Waals surface area contributed by atoms with Gasteiger partial charge in [-0.2, -0.15) is 4.68 Å². The standard InChI is InChI=1S/C11H7ClN4O2S/c12-7-5-15(14-11(7)16(17)18)6-10-13-8-3-1-2-4-9(8)19-10/h1-5H,6H2. The Morgan fingerprint density at radius 1 is 1.42 bits per heavy atom. The summed E-state index contributed by atoms with van der Waals surface area (Å²) < 4.78 is 2.50. The largest absolute Gasteiger partial charge is 0.408 e. The number of halogens is 1. The summed E-state index contributed by atoms with van der Waals surface area (Å²) in [5, 5.41) is 15.4. The highest BCUT2D eigenvalue weighted by Gasteiger charge is 2.19. The molecular weight excluding hydrogens is 288 g/mol. The van der Waals surface area contributed by atoms with Gasteiger partial charge in [-0.25, -0.2) is 4.98 Å². The zero-order valence-electron chi connectivity index (χ0n) is 9.49. The molecule has 0 N–H and O–H groups in total. The van der Waals surface area contributed by atoms with Crippen LogP contribution in [0.1, 0.15) is 5.01 Å². The molecule has 0 radical (unpaired) electrons. The molecule has 0 bridgehead atoms. The molecule has 2 aromatic heterocycles. The maximum absolute atomic E-state index is 10.7. The number of aromatic nitrogens is 3. The lowest BCUT2D eigenvalue weighted by Gasteiger charge is -1.90. The number of hydrogen-bond donors (Lipinski definition) is 0. The molecule has 3 rings (SSSR count). The SMILES string of the molecule is O=[N+]([O-])c1nn(Cc2nc3ccccc3s2)cc1Cl. The third-order valence-corrected chi connectivity index (χ3v) is 3.80. The summed E-state index contributed by atoms with van der Waals surface area (Å²) in [4.78, 5) is 14.5. The Hall–Kier alpha value is -1.99. The van der Waals surface area contributed by atoms with Gasteiger partial charge in [0.1, 0.15) is 11.6 Å². The molecule has 0 fully saturated rings. The van der Waals surface area contributed by atoms with E-state index in [0.29, 0.717) is 6.54 Å². The van der Waals surface area contributed by atoms with E-state index in [2.05, 4.69) is 10.1 Å². The van der Waals surface area contributed by atoms with Crippen molar-refractivity contribution in [1.82, 2.24) is 14.8 Å². The molecule has 96 valence electrons. The number of para-hydroxylation sites is 1. The van der Waals surface area contributed by atoms with Gasteiger partial charge in [0.15, 0.2) is 5.02 Å². The molecule has 0 aliphatic rings. The van der Waals surface area contributed by atoms with Gasteiger partial charge in [-0.1, -0.05) is 23.7 Å². The highest BCUT2D eigenvalue weighted by atomic mass is 35.5. The molecule has 3 aromatic rings. The third kappa shape index (κ3) is 2.29. The van der Waals surface area contributed by atoms with E-state index in [9.17, 15) is 10.1 Å². The summed E-state index contributed by atoms with van der Waals surface area (Å²) in [5.74, 6) is -0.331. The van der Waals surface area contributed by atoms with Gasteiger partial charge >= 0.3 is 5.82 Å². The molecular formula is C11H7ClN4O2S. The number of hydrogen-bond acceptors (Lipinski definition) is 5. The van der Waals surface area contributed by atoms with E-state index in [0.717, 1.165) is 15.2 Å². The summed E-state index contributed by atoms with van der Waals surface area (Å²) in [7, 11) is 0. The number of fused-ring (bicyclic) bond motifs is 1. The van der Waals surface area contributed by atoms with Crippen LogP contribution in [-0.2, 0) is 6.54 Å². The first-order valence-electron chi connectivity index (χ1n) is 5.35. The minimum absolute atomic E-state index is 0.0334. The second-order valence-corrected chi connectivity index (χ2v) is 5.35. The van der Waals surface area contributed by atoms with Crippen LogP contribution in [0.15, 0.2) is 30.5 Å². The molecule has 0 spiro atoms. The molecule has 0 aliphatic heterocycles. The van der Waals surface area contributed by atoms with Crippen molar-refractivity contribution in [1.29, 1.82) is 0 Å². The van der Waals surface area contributed by atoms with Gasteiger partial charge < -0.3 is 10.1 Å². The van der Waals surface area contributed by atoms with Gasteiger partial charge in [0.05, 0.1) is 21.5 Å². The Morgan fingerprint density at radius 3 is 2.89 bits per heavy atom. The first kappa shape index (κ1) is 12.1. The van der Waals surface area contributed by atoms with Crippen molar-refractivity contribution >= 4 is 39.0 Å². The second-order valence-electron chi connectivity index (χ2n) is 3.83. The number of nitro groups is 1. The van der Waals surface area contributed by atoms with Crippen LogP contribution in [0.3, 0.4) is 0 Å². The topological polar surface area (TPSA) is 73.8 Å². The number of nitrogens with zero attached hydrogens (tertiary/aromatic N) is 4.